The lowest BCUT2D eigenvalue weighted by Crippen LogP contribution is -2.14. The highest BCUT2D eigenvalue weighted by Gasteiger charge is 2.31. The van der Waals surface area contributed by atoms with Crippen LogP contribution in [0.1, 0.15) is 18.4 Å². The average molecular weight is 523 g/mol. The van der Waals surface area contributed by atoms with Crippen molar-refractivity contribution >= 4 is 21.0 Å². The lowest BCUT2D eigenvalue weighted by atomic mass is 10.2. The van der Waals surface area contributed by atoms with Crippen LogP contribution >= 0.6 is 0 Å². The molecule has 1 atom stereocenters. The topological polar surface area (TPSA) is 101 Å². The third-order valence-corrected chi connectivity index (χ3v) is 8.13. The van der Waals surface area contributed by atoms with Crippen LogP contribution in [0.2, 0.25) is 0 Å². The highest BCUT2D eigenvalue weighted by molar-refractivity contribution is 7.96. The van der Waals surface area contributed by atoms with Crippen molar-refractivity contribution in [1.29, 1.82) is 0 Å². The van der Waals surface area contributed by atoms with Gasteiger partial charge in [0.05, 0.1) is 11.5 Å². The molecule has 0 saturated carbocycles. The first-order valence-electron chi connectivity index (χ1n) is 11.4. The average Bonchev–Trinajstić information content (AvgIpc) is 3.40. The predicted molar refractivity (Wildman–Crippen MR) is 136 cm³/mol. The maximum absolute atomic E-state index is 10.4. The molecule has 0 aliphatic carbocycles. The number of aryl methyl sites for hydroxylation is 1. The summed E-state index contributed by atoms with van der Waals surface area (Å²) in [7, 11) is -4.61. The smallest absolute Gasteiger partial charge is 0.259 e. The van der Waals surface area contributed by atoms with Gasteiger partial charge in [0.25, 0.3) is 10.1 Å². The Morgan fingerprint density at radius 1 is 0.889 bits per heavy atom. The molecule has 0 spiro atoms. The van der Waals surface area contributed by atoms with E-state index in [2.05, 4.69) is 34.2 Å². The summed E-state index contributed by atoms with van der Waals surface area (Å²) >= 11 is 0. The number of pyridine rings is 2. The molecule has 5 rings (SSSR count). The zero-order valence-electron chi connectivity index (χ0n) is 19.7. The van der Waals surface area contributed by atoms with Crippen LogP contribution in [-0.2, 0) is 25.7 Å². The van der Waals surface area contributed by atoms with Crippen LogP contribution in [0.25, 0.3) is 0 Å². The van der Waals surface area contributed by atoms with Gasteiger partial charge in [-0.1, -0.05) is 29.8 Å². The molecule has 1 unspecified atom stereocenters. The number of benzene rings is 2. The molecule has 0 radical (unpaired) electrons. The number of ether oxygens (including phenoxy) is 2. The number of rotatable bonds is 6. The summed E-state index contributed by atoms with van der Waals surface area (Å²) in [4.78, 5) is 10.1. The Bertz CT molecular complexity index is 1290. The first kappa shape index (κ1) is 25.8. The van der Waals surface area contributed by atoms with Crippen LogP contribution in [-0.4, -0.2) is 35.8 Å². The quantitative estimate of drug-likeness (QED) is 0.260. The van der Waals surface area contributed by atoms with Gasteiger partial charge in [-0.25, -0.2) is 18.4 Å². The molecule has 1 fully saturated rings. The Morgan fingerprint density at radius 3 is 1.97 bits per heavy atom. The van der Waals surface area contributed by atoms with Crippen LogP contribution in [0.3, 0.4) is 0 Å². The Labute approximate surface area is 214 Å². The van der Waals surface area contributed by atoms with E-state index in [1.54, 1.807) is 12.1 Å². The SMILES string of the molecule is Cc1ccc(S(=O)(=O)[O-])cc1.c1ccc([S+](c2ccc(OC3CCCO3)cc2)c2ccccn2)nc1. The highest BCUT2D eigenvalue weighted by atomic mass is 32.2. The fraction of sp³-hybridized carbons (Fsp3) is 0.185. The molecule has 1 aliphatic heterocycles. The van der Waals surface area contributed by atoms with Crippen LogP contribution in [0, 0.1) is 6.92 Å². The van der Waals surface area contributed by atoms with Gasteiger partial charge in [0.15, 0.2) is 11.2 Å². The van der Waals surface area contributed by atoms with E-state index in [-0.39, 0.29) is 22.1 Å². The van der Waals surface area contributed by atoms with E-state index in [1.165, 1.54) is 12.1 Å². The molecule has 1 aliphatic rings. The molecule has 186 valence electrons. The minimum atomic E-state index is -4.27. The van der Waals surface area contributed by atoms with Gasteiger partial charge < -0.3 is 14.0 Å². The standard InChI is InChI=1S/C20H19N2O2S.C7H8O3S/c1-3-13-21-18(6-1)25(19-7-2-4-14-22-19)17-11-9-16(10-12-17)24-20-8-5-15-23-20;1-6-2-4-7(5-3-6)11(8,9)10/h1-4,6-7,9-14,20H,5,8,15H2;2-5H,1H3,(H,8,9,10)/q+1;/p-1. The second kappa shape index (κ2) is 12.1. The summed E-state index contributed by atoms with van der Waals surface area (Å²) in [6.45, 7) is 2.60. The summed E-state index contributed by atoms with van der Waals surface area (Å²) in [5.74, 6) is 0.834. The van der Waals surface area contributed by atoms with Crippen molar-refractivity contribution in [1.82, 2.24) is 9.97 Å². The number of aromatic nitrogens is 2. The molecule has 0 N–H and O–H groups in total. The zero-order chi connectivity index (χ0) is 25.4. The van der Waals surface area contributed by atoms with E-state index in [0.29, 0.717) is 0 Å². The lowest BCUT2D eigenvalue weighted by Gasteiger charge is -2.12. The molecular formula is C27H26N2O5S2. The van der Waals surface area contributed by atoms with E-state index in [1.807, 2.05) is 55.7 Å². The minimum Gasteiger partial charge on any atom is -0.744 e. The van der Waals surface area contributed by atoms with Crippen molar-refractivity contribution in [3.8, 4) is 5.75 Å². The Balaban J connectivity index is 0.000000233. The molecule has 2 aromatic heterocycles. The number of hydrogen-bond acceptors (Lipinski definition) is 7. The largest absolute Gasteiger partial charge is 0.744 e. The summed E-state index contributed by atoms with van der Waals surface area (Å²) in [6, 6.07) is 26.0. The van der Waals surface area contributed by atoms with E-state index in [0.717, 1.165) is 45.7 Å². The van der Waals surface area contributed by atoms with E-state index < -0.39 is 10.1 Å². The normalized spacial score (nSPS) is 15.2. The third-order valence-electron chi connectivity index (χ3n) is 5.22. The van der Waals surface area contributed by atoms with Gasteiger partial charge in [-0.2, -0.15) is 0 Å². The zero-order valence-corrected chi connectivity index (χ0v) is 21.3. The fourth-order valence-corrected chi connectivity index (χ4v) is 5.77. The monoisotopic (exact) mass is 522 g/mol. The molecule has 36 heavy (non-hydrogen) atoms. The highest BCUT2D eigenvalue weighted by Crippen LogP contribution is 2.30. The Kier molecular flexibility index (Phi) is 8.71. The van der Waals surface area contributed by atoms with Crippen molar-refractivity contribution in [2.75, 3.05) is 6.61 Å². The first-order chi connectivity index (χ1) is 17.4. The first-order valence-corrected chi connectivity index (χ1v) is 14.0. The van der Waals surface area contributed by atoms with Crippen molar-refractivity contribution in [2.45, 2.75) is 45.9 Å². The van der Waals surface area contributed by atoms with Gasteiger partial charge >= 0.3 is 0 Å². The molecular weight excluding hydrogens is 496 g/mol. The second-order valence-electron chi connectivity index (χ2n) is 7.94. The van der Waals surface area contributed by atoms with Crippen LogP contribution in [0.15, 0.2) is 117 Å². The van der Waals surface area contributed by atoms with Gasteiger partial charge in [-0.05, 0) is 61.9 Å². The minimum absolute atomic E-state index is 0.115. The van der Waals surface area contributed by atoms with E-state index in [4.69, 9.17) is 9.47 Å². The molecule has 7 nitrogen and oxygen atoms in total. The predicted octanol–water partition coefficient (Wildman–Crippen LogP) is 4.99. The Hall–Kier alpha value is -3.24. The van der Waals surface area contributed by atoms with Crippen molar-refractivity contribution in [3.05, 3.63) is 103 Å². The van der Waals surface area contributed by atoms with Crippen LogP contribution in [0.5, 0.6) is 5.75 Å². The van der Waals surface area contributed by atoms with E-state index in [9.17, 15) is 13.0 Å². The van der Waals surface area contributed by atoms with Gasteiger partial charge in [-0.15, -0.1) is 0 Å². The molecule has 9 heteroatoms. The lowest BCUT2D eigenvalue weighted by molar-refractivity contribution is -0.0390. The van der Waals surface area contributed by atoms with E-state index >= 15 is 0 Å². The number of hydrogen-bond donors (Lipinski definition) is 0. The van der Waals surface area contributed by atoms with Crippen LogP contribution in [0.4, 0.5) is 0 Å². The van der Waals surface area contributed by atoms with Gasteiger partial charge in [0.1, 0.15) is 26.8 Å². The molecule has 2 aromatic carbocycles. The second-order valence-corrected chi connectivity index (χ2v) is 11.2. The molecule has 1 saturated heterocycles. The van der Waals surface area contributed by atoms with Crippen molar-refractivity contribution in [3.63, 3.8) is 0 Å². The van der Waals surface area contributed by atoms with Crippen molar-refractivity contribution < 1.29 is 22.4 Å². The van der Waals surface area contributed by atoms with Gasteiger partial charge in [-0.3, -0.25) is 0 Å². The summed E-state index contributed by atoms with van der Waals surface area (Å²) < 4.78 is 42.6. The summed E-state index contributed by atoms with van der Waals surface area (Å²) in [5, 5.41) is 2.02. The van der Waals surface area contributed by atoms with Gasteiger partial charge in [0, 0.05) is 30.9 Å². The van der Waals surface area contributed by atoms with Crippen LogP contribution < -0.4 is 4.74 Å². The third kappa shape index (κ3) is 7.14. The molecule has 3 heterocycles. The summed E-state index contributed by atoms with van der Waals surface area (Å²) in [5.41, 5.74) is 0.928. The number of nitrogens with zero attached hydrogens (tertiary/aromatic N) is 2. The summed E-state index contributed by atoms with van der Waals surface area (Å²) in [6.07, 6.45) is 5.55. The van der Waals surface area contributed by atoms with Crippen molar-refractivity contribution in [2.24, 2.45) is 0 Å². The fourth-order valence-electron chi connectivity index (χ4n) is 3.44. The molecule has 0 amide bonds. The van der Waals surface area contributed by atoms with Gasteiger partial charge in [0.2, 0.25) is 0 Å². The molecule has 0 bridgehead atoms. The maximum Gasteiger partial charge on any atom is 0.259 e. The molecule has 4 aromatic rings. The Morgan fingerprint density at radius 2 is 1.50 bits per heavy atom. The maximum atomic E-state index is 10.4.